The van der Waals surface area contributed by atoms with Crippen molar-refractivity contribution >= 4 is 34.8 Å². The standard InChI is InChI=1S/C11H7Cl3N2/c1-6-4-10(14)16-11(15-6)7-2-3-8(12)9(13)5-7/h2-5H,1H3. The largest absolute Gasteiger partial charge is 0.233 e. The van der Waals surface area contributed by atoms with Crippen LogP contribution in [0.25, 0.3) is 11.4 Å². The minimum absolute atomic E-state index is 0.411. The zero-order chi connectivity index (χ0) is 11.7. The second kappa shape index (κ2) is 4.58. The fourth-order valence-electron chi connectivity index (χ4n) is 1.29. The lowest BCUT2D eigenvalue weighted by Gasteiger charge is -2.03. The van der Waals surface area contributed by atoms with E-state index in [-0.39, 0.29) is 0 Å². The first kappa shape index (κ1) is 11.6. The van der Waals surface area contributed by atoms with Crippen LogP contribution >= 0.6 is 34.8 Å². The van der Waals surface area contributed by atoms with Crippen LogP contribution in [0.15, 0.2) is 24.3 Å². The molecular weight excluding hydrogens is 266 g/mol. The van der Waals surface area contributed by atoms with Gasteiger partial charge in [-0.15, -0.1) is 0 Å². The maximum absolute atomic E-state index is 5.92. The average Bonchev–Trinajstić information content (AvgIpc) is 2.20. The summed E-state index contributed by atoms with van der Waals surface area (Å²) < 4.78 is 0. The van der Waals surface area contributed by atoms with Crippen LogP contribution in [-0.4, -0.2) is 9.97 Å². The van der Waals surface area contributed by atoms with Gasteiger partial charge in [-0.05, 0) is 31.2 Å². The molecule has 0 fully saturated rings. The number of halogens is 3. The molecule has 0 unspecified atom stereocenters. The van der Waals surface area contributed by atoms with E-state index in [1.807, 2.05) is 6.92 Å². The molecule has 0 saturated carbocycles. The van der Waals surface area contributed by atoms with Crippen molar-refractivity contribution in [1.82, 2.24) is 9.97 Å². The van der Waals surface area contributed by atoms with Crippen molar-refractivity contribution in [2.75, 3.05) is 0 Å². The van der Waals surface area contributed by atoms with Gasteiger partial charge in [0.2, 0.25) is 0 Å². The first-order valence-corrected chi connectivity index (χ1v) is 5.66. The van der Waals surface area contributed by atoms with Crippen molar-refractivity contribution in [3.05, 3.63) is 45.2 Å². The third-order valence-corrected chi connectivity index (χ3v) is 2.93. The molecule has 1 heterocycles. The molecule has 82 valence electrons. The zero-order valence-corrected chi connectivity index (χ0v) is 10.6. The molecule has 0 radical (unpaired) electrons. The number of hydrogen-bond donors (Lipinski definition) is 0. The highest BCUT2D eigenvalue weighted by Crippen LogP contribution is 2.27. The van der Waals surface area contributed by atoms with Gasteiger partial charge in [-0.25, -0.2) is 9.97 Å². The van der Waals surface area contributed by atoms with E-state index < -0.39 is 0 Å². The lowest BCUT2D eigenvalue weighted by molar-refractivity contribution is 1.11. The summed E-state index contributed by atoms with van der Waals surface area (Å²) in [5.74, 6) is 0.545. The molecule has 0 N–H and O–H groups in total. The molecule has 5 heteroatoms. The van der Waals surface area contributed by atoms with Crippen LogP contribution in [0.5, 0.6) is 0 Å². The molecule has 2 nitrogen and oxygen atoms in total. The van der Waals surface area contributed by atoms with Gasteiger partial charge < -0.3 is 0 Å². The Bertz CT molecular complexity index is 520. The molecule has 0 amide bonds. The van der Waals surface area contributed by atoms with E-state index >= 15 is 0 Å². The number of benzene rings is 1. The van der Waals surface area contributed by atoms with E-state index in [4.69, 9.17) is 34.8 Å². The van der Waals surface area contributed by atoms with E-state index in [1.54, 1.807) is 24.3 Å². The summed E-state index contributed by atoms with van der Waals surface area (Å²) in [6.07, 6.45) is 0. The Hall–Kier alpha value is -0.830. The summed E-state index contributed by atoms with van der Waals surface area (Å²) in [5.41, 5.74) is 1.60. The second-order valence-corrected chi connectivity index (χ2v) is 4.49. The van der Waals surface area contributed by atoms with Crippen molar-refractivity contribution < 1.29 is 0 Å². The van der Waals surface area contributed by atoms with Gasteiger partial charge in [0.05, 0.1) is 10.0 Å². The van der Waals surface area contributed by atoms with Gasteiger partial charge in [0.15, 0.2) is 5.82 Å². The molecule has 16 heavy (non-hydrogen) atoms. The molecule has 1 aromatic carbocycles. The highest BCUT2D eigenvalue weighted by atomic mass is 35.5. The van der Waals surface area contributed by atoms with Crippen LogP contribution in [0.3, 0.4) is 0 Å². The minimum atomic E-state index is 0.411. The van der Waals surface area contributed by atoms with Crippen molar-refractivity contribution in [1.29, 1.82) is 0 Å². The predicted molar refractivity (Wildman–Crippen MR) is 67.2 cm³/mol. The Morgan fingerprint density at radius 2 is 1.69 bits per heavy atom. The van der Waals surface area contributed by atoms with Gasteiger partial charge in [0.1, 0.15) is 5.15 Å². The van der Waals surface area contributed by atoms with Crippen LogP contribution in [-0.2, 0) is 0 Å². The van der Waals surface area contributed by atoms with Crippen molar-refractivity contribution in [3.63, 3.8) is 0 Å². The van der Waals surface area contributed by atoms with Gasteiger partial charge in [0.25, 0.3) is 0 Å². The molecule has 0 saturated heterocycles. The Labute approximate surface area is 108 Å². The lowest BCUT2D eigenvalue weighted by atomic mass is 10.2. The third-order valence-electron chi connectivity index (χ3n) is 2.00. The lowest BCUT2D eigenvalue weighted by Crippen LogP contribution is -1.92. The van der Waals surface area contributed by atoms with Crippen molar-refractivity contribution in [2.24, 2.45) is 0 Å². The number of rotatable bonds is 1. The quantitative estimate of drug-likeness (QED) is 0.719. The van der Waals surface area contributed by atoms with Crippen LogP contribution < -0.4 is 0 Å². The fourth-order valence-corrected chi connectivity index (χ4v) is 1.83. The van der Waals surface area contributed by atoms with E-state index in [0.29, 0.717) is 21.0 Å². The van der Waals surface area contributed by atoms with Gasteiger partial charge in [-0.3, -0.25) is 0 Å². The van der Waals surface area contributed by atoms with Crippen molar-refractivity contribution in [2.45, 2.75) is 6.92 Å². The van der Waals surface area contributed by atoms with Gasteiger partial charge in [0, 0.05) is 11.3 Å². The Kier molecular flexibility index (Phi) is 3.33. The smallest absolute Gasteiger partial charge is 0.161 e. The Morgan fingerprint density at radius 3 is 2.31 bits per heavy atom. The highest BCUT2D eigenvalue weighted by molar-refractivity contribution is 6.42. The number of nitrogens with zero attached hydrogens (tertiary/aromatic N) is 2. The predicted octanol–water partition coefficient (Wildman–Crippen LogP) is 4.41. The number of aromatic nitrogens is 2. The first-order chi connectivity index (χ1) is 7.56. The molecule has 2 rings (SSSR count). The van der Waals surface area contributed by atoms with Gasteiger partial charge in [-0.1, -0.05) is 34.8 Å². The van der Waals surface area contributed by atoms with Crippen LogP contribution in [0.2, 0.25) is 15.2 Å². The summed E-state index contributed by atoms with van der Waals surface area (Å²) in [5, 5.41) is 1.39. The molecule has 1 aromatic heterocycles. The molecule has 2 aromatic rings. The molecule has 0 aliphatic rings. The highest BCUT2D eigenvalue weighted by Gasteiger charge is 2.06. The van der Waals surface area contributed by atoms with E-state index in [0.717, 1.165) is 11.3 Å². The zero-order valence-electron chi connectivity index (χ0n) is 8.34. The number of hydrogen-bond acceptors (Lipinski definition) is 2. The first-order valence-electron chi connectivity index (χ1n) is 4.53. The maximum atomic E-state index is 5.92. The molecule has 0 bridgehead atoms. The number of aryl methyl sites for hydroxylation is 1. The molecule has 0 aliphatic carbocycles. The monoisotopic (exact) mass is 272 g/mol. The van der Waals surface area contributed by atoms with Crippen LogP contribution in [0.1, 0.15) is 5.69 Å². The molecule has 0 atom stereocenters. The van der Waals surface area contributed by atoms with Crippen LogP contribution in [0, 0.1) is 6.92 Å². The second-order valence-electron chi connectivity index (χ2n) is 3.28. The Morgan fingerprint density at radius 1 is 0.938 bits per heavy atom. The van der Waals surface area contributed by atoms with Gasteiger partial charge >= 0.3 is 0 Å². The van der Waals surface area contributed by atoms with E-state index in [9.17, 15) is 0 Å². The van der Waals surface area contributed by atoms with E-state index in [2.05, 4.69) is 9.97 Å². The SMILES string of the molecule is Cc1cc(Cl)nc(-c2ccc(Cl)c(Cl)c2)n1. The molecular formula is C11H7Cl3N2. The minimum Gasteiger partial charge on any atom is -0.233 e. The van der Waals surface area contributed by atoms with Crippen molar-refractivity contribution in [3.8, 4) is 11.4 Å². The van der Waals surface area contributed by atoms with Crippen LogP contribution in [0.4, 0.5) is 0 Å². The molecule has 0 aliphatic heterocycles. The van der Waals surface area contributed by atoms with Gasteiger partial charge in [-0.2, -0.15) is 0 Å². The maximum Gasteiger partial charge on any atom is 0.161 e. The molecule has 0 spiro atoms. The third kappa shape index (κ3) is 2.46. The van der Waals surface area contributed by atoms with E-state index in [1.165, 1.54) is 0 Å². The summed E-state index contributed by atoms with van der Waals surface area (Å²) >= 11 is 17.6. The summed E-state index contributed by atoms with van der Waals surface area (Å²) in [6.45, 7) is 1.86. The summed E-state index contributed by atoms with van der Waals surface area (Å²) in [7, 11) is 0. The Balaban J connectivity index is 2.54. The fraction of sp³-hybridized carbons (Fsp3) is 0.0909. The summed E-state index contributed by atoms with van der Waals surface area (Å²) in [4.78, 5) is 8.41. The average molecular weight is 274 g/mol. The normalized spacial score (nSPS) is 10.5. The topological polar surface area (TPSA) is 25.8 Å². The summed E-state index contributed by atoms with van der Waals surface area (Å²) in [6, 6.07) is 6.93.